The van der Waals surface area contributed by atoms with Crippen molar-refractivity contribution >= 4 is 11.8 Å². The van der Waals surface area contributed by atoms with Crippen molar-refractivity contribution < 1.29 is 14.0 Å². The molecule has 116 valence electrons. The molecule has 2 amide bonds. The predicted molar refractivity (Wildman–Crippen MR) is 79.8 cm³/mol. The first-order valence-corrected chi connectivity index (χ1v) is 7.61. The molecular formula is C16H24N2O3. The normalized spacial score (nSPS) is 20.4. The third kappa shape index (κ3) is 3.86. The first kappa shape index (κ1) is 15.6. The Kier molecular flexibility index (Phi) is 5.04. The van der Waals surface area contributed by atoms with Gasteiger partial charge in [-0.15, -0.1) is 0 Å². The average Bonchev–Trinajstić information content (AvgIpc) is 3.00. The molecule has 1 aliphatic heterocycles. The SMILES string of the molecule is CC(C)C(C)NC(=O)C1CCCN(C(=O)c2ccoc2)C1. The average molecular weight is 292 g/mol. The van der Waals surface area contributed by atoms with E-state index in [-0.39, 0.29) is 23.8 Å². The van der Waals surface area contributed by atoms with Gasteiger partial charge in [0.25, 0.3) is 5.91 Å². The first-order valence-electron chi connectivity index (χ1n) is 7.61. The number of carbonyl (C=O) groups excluding carboxylic acids is 2. The Balaban J connectivity index is 1.94. The zero-order valence-electron chi connectivity index (χ0n) is 13.0. The number of nitrogens with one attached hydrogen (secondary N) is 1. The molecule has 2 unspecified atom stereocenters. The molecule has 1 aromatic heterocycles. The summed E-state index contributed by atoms with van der Waals surface area (Å²) in [5.41, 5.74) is 0.548. The van der Waals surface area contributed by atoms with Crippen LogP contribution in [0.2, 0.25) is 0 Å². The lowest BCUT2D eigenvalue weighted by atomic mass is 9.95. The van der Waals surface area contributed by atoms with Gasteiger partial charge in [0.05, 0.1) is 17.7 Å². The fourth-order valence-electron chi connectivity index (χ4n) is 2.45. The molecule has 0 spiro atoms. The fourth-order valence-corrected chi connectivity index (χ4v) is 2.45. The predicted octanol–water partition coefficient (Wildman–Crippen LogP) is 2.29. The van der Waals surface area contributed by atoms with Gasteiger partial charge in [-0.25, -0.2) is 0 Å². The monoisotopic (exact) mass is 292 g/mol. The lowest BCUT2D eigenvalue weighted by molar-refractivity contribution is -0.127. The molecule has 0 bridgehead atoms. The summed E-state index contributed by atoms with van der Waals surface area (Å²) >= 11 is 0. The Morgan fingerprint density at radius 3 is 2.76 bits per heavy atom. The molecule has 0 aromatic carbocycles. The maximum Gasteiger partial charge on any atom is 0.257 e. The molecule has 1 fully saturated rings. The molecule has 1 aromatic rings. The van der Waals surface area contributed by atoms with Crippen molar-refractivity contribution in [1.82, 2.24) is 10.2 Å². The summed E-state index contributed by atoms with van der Waals surface area (Å²) in [6.45, 7) is 7.37. The standard InChI is InChI=1S/C16H24N2O3/c1-11(2)12(3)17-15(19)13-5-4-7-18(9-13)16(20)14-6-8-21-10-14/h6,8,10-13H,4-5,7,9H2,1-3H3,(H,17,19). The topological polar surface area (TPSA) is 62.6 Å². The minimum absolute atomic E-state index is 0.0564. The van der Waals surface area contributed by atoms with Crippen LogP contribution in [-0.2, 0) is 4.79 Å². The zero-order chi connectivity index (χ0) is 15.4. The van der Waals surface area contributed by atoms with E-state index >= 15 is 0 Å². The smallest absolute Gasteiger partial charge is 0.257 e. The molecule has 2 atom stereocenters. The lowest BCUT2D eigenvalue weighted by Crippen LogP contribution is -2.47. The second-order valence-electron chi connectivity index (χ2n) is 6.14. The highest BCUT2D eigenvalue weighted by Gasteiger charge is 2.30. The van der Waals surface area contributed by atoms with E-state index in [0.29, 0.717) is 24.6 Å². The number of piperidine rings is 1. The summed E-state index contributed by atoms with van der Waals surface area (Å²) in [4.78, 5) is 26.3. The highest BCUT2D eigenvalue weighted by Crippen LogP contribution is 2.19. The highest BCUT2D eigenvalue weighted by molar-refractivity contribution is 5.94. The summed E-state index contributed by atoms with van der Waals surface area (Å²) in [7, 11) is 0. The molecule has 21 heavy (non-hydrogen) atoms. The molecule has 1 aliphatic rings. The van der Waals surface area contributed by atoms with E-state index in [1.54, 1.807) is 11.0 Å². The third-order valence-corrected chi connectivity index (χ3v) is 4.22. The van der Waals surface area contributed by atoms with Gasteiger partial charge < -0.3 is 14.6 Å². The molecular weight excluding hydrogens is 268 g/mol. The minimum Gasteiger partial charge on any atom is -0.472 e. The number of nitrogens with zero attached hydrogens (tertiary/aromatic N) is 1. The number of likely N-dealkylation sites (tertiary alicyclic amines) is 1. The van der Waals surface area contributed by atoms with E-state index in [4.69, 9.17) is 4.42 Å². The van der Waals surface area contributed by atoms with Gasteiger partial charge in [-0.3, -0.25) is 9.59 Å². The molecule has 5 nitrogen and oxygen atoms in total. The molecule has 0 radical (unpaired) electrons. The largest absolute Gasteiger partial charge is 0.472 e. The van der Waals surface area contributed by atoms with Crippen molar-refractivity contribution in [2.24, 2.45) is 11.8 Å². The first-order chi connectivity index (χ1) is 9.99. The number of furan rings is 1. The van der Waals surface area contributed by atoms with E-state index in [1.807, 2.05) is 6.92 Å². The van der Waals surface area contributed by atoms with Crippen molar-refractivity contribution in [1.29, 1.82) is 0 Å². The van der Waals surface area contributed by atoms with Crippen LogP contribution in [0.5, 0.6) is 0 Å². The summed E-state index contributed by atoms with van der Waals surface area (Å²) < 4.78 is 4.95. The lowest BCUT2D eigenvalue weighted by Gasteiger charge is -2.32. The van der Waals surface area contributed by atoms with Crippen LogP contribution in [0.15, 0.2) is 23.0 Å². The molecule has 0 saturated carbocycles. The Hall–Kier alpha value is -1.78. The van der Waals surface area contributed by atoms with Gasteiger partial charge in [0, 0.05) is 19.1 Å². The molecule has 1 N–H and O–H groups in total. The van der Waals surface area contributed by atoms with Gasteiger partial charge in [0.2, 0.25) is 5.91 Å². The van der Waals surface area contributed by atoms with Crippen molar-refractivity contribution in [3.63, 3.8) is 0 Å². The van der Waals surface area contributed by atoms with Gasteiger partial charge in [-0.1, -0.05) is 13.8 Å². The Labute approximate surface area is 125 Å². The molecule has 2 heterocycles. The van der Waals surface area contributed by atoms with Crippen molar-refractivity contribution in [2.75, 3.05) is 13.1 Å². The molecule has 1 saturated heterocycles. The maximum absolute atomic E-state index is 12.3. The van der Waals surface area contributed by atoms with Gasteiger partial charge in [0.1, 0.15) is 6.26 Å². The van der Waals surface area contributed by atoms with Crippen LogP contribution in [0.25, 0.3) is 0 Å². The Morgan fingerprint density at radius 2 is 2.14 bits per heavy atom. The van der Waals surface area contributed by atoms with E-state index in [1.165, 1.54) is 12.5 Å². The van der Waals surface area contributed by atoms with Crippen LogP contribution >= 0.6 is 0 Å². The second-order valence-corrected chi connectivity index (χ2v) is 6.14. The fraction of sp³-hybridized carbons (Fsp3) is 0.625. The maximum atomic E-state index is 12.3. The third-order valence-electron chi connectivity index (χ3n) is 4.22. The number of hydrogen-bond donors (Lipinski definition) is 1. The number of carbonyl (C=O) groups is 2. The molecule has 5 heteroatoms. The van der Waals surface area contributed by atoms with Gasteiger partial charge in [0.15, 0.2) is 0 Å². The van der Waals surface area contributed by atoms with Crippen molar-refractivity contribution in [3.8, 4) is 0 Å². The van der Waals surface area contributed by atoms with Gasteiger partial charge in [-0.05, 0) is 31.7 Å². The van der Waals surface area contributed by atoms with E-state index in [9.17, 15) is 9.59 Å². The second kappa shape index (κ2) is 6.78. The van der Waals surface area contributed by atoms with Crippen LogP contribution < -0.4 is 5.32 Å². The van der Waals surface area contributed by atoms with Crippen LogP contribution in [0.3, 0.4) is 0 Å². The van der Waals surface area contributed by atoms with Crippen molar-refractivity contribution in [2.45, 2.75) is 39.7 Å². The van der Waals surface area contributed by atoms with Crippen LogP contribution in [0, 0.1) is 11.8 Å². The van der Waals surface area contributed by atoms with E-state index in [2.05, 4.69) is 19.2 Å². The zero-order valence-corrected chi connectivity index (χ0v) is 13.0. The summed E-state index contributed by atoms with van der Waals surface area (Å²) in [5, 5.41) is 3.05. The number of amides is 2. The van der Waals surface area contributed by atoms with Crippen LogP contribution in [-0.4, -0.2) is 35.8 Å². The molecule has 0 aliphatic carbocycles. The van der Waals surface area contributed by atoms with Gasteiger partial charge in [-0.2, -0.15) is 0 Å². The van der Waals surface area contributed by atoms with Gasteiger partial charge >= 0.3 is 0 Å². The minimum atomic E-state index is -0.115. The van der Waals surface area contributed by atoms with E-state index in [0.717, 1.165) is 12.8 Å². The summed E-state index contributed by atoms with van der Waals surface area (Å²) in [6.07, 6.45) is 4.64. The quantitative estimate of drug-likeness (QED) is 0.926. The molecule has 2 rings (SSSR count). The van der Waals surface area contributed by atoms with Crippen LogP contribution in [0.4, 0.5) is 0 Å². The van der Waals surface area contributed by atoms with E-state index < -0.39 is 0 Å². The highest BCUT2D eigenvalue weighted by atomic mass is 16.3. The Bertz CT molecular complexity index is 482. The number of hydrogen-bond acceptors (Lipinski definition) is 3. The Morgan fingerprint density at radius 1 is 1.38 bits per heavy atom. The van der Waals surface area contributed by atoms with Crippen molar-refractivity contribution in [3.05, 3.63) is 24.2 Å². The number of rotatable bonds is 4. The summed E-state index contributed by atoms with van der Waals surface area (Å²) in [5.74, 6) is 0.288. The summed E-state index contributed by atoms with van der Waals surface area (Å²) in [6, 6.07) is 1.81. The van der Waals surface area contributed by atoms with Crippen LogP contribution in [0.1, 0.15) is 44.0 Å².